The van der Waals surface area contributed by atoms with Crippen molar-refractivity contribution in [2.45, 2.75) is 24.8 Å². The molecule has 0 heterocycles. The van der Waals surface area contributed by atoms with Gasteiger partial charge in [-0.15, -0.1) is 0 Å². The average Bonchev–Trinajstić information content (AvgIpc) is 2.88. The van der Waals surface area contributed by atoms with E-state index in [0.717, 1.165) is 0 Å². The lowest BCUT2D eigenvalue weighted by atomic mass is 9.82. The SMILES string of the molecule is CC(C)Nc1ccc(Nc2cccc(NS(=O)(=O)c3ccccc3)c2)c2c1C(=O)c1ccccc1C2=O. The molecule has 0 bridgehead atoms. The molecule has 5 rings (SSSR count). The monoisotopic (exact) mass is 511 g/mol. The zero-order valence-electron chi connectivity index (χ0n) is 20.3. The molecule has 1 aliphatic carbocycles. The Bertz CT molecular complexity index is 1630. The molecule has 8 heteroatoms. The lowest BCUT2D eigenvalue weighted by molar-refractivity contribution is 0.0980. The Morgan fingerprint density at radius 3 is 1.86 bits per heavy atom. The van der Waals surface area contributed by atoms with Crippen molar-refractivity contribution in [3.8, 4) is 0 Å². The van der Waals surface area contributed by atoms with Crippen LogP contribution in [0.1, 0.15) is 45.7 Å². The van der Waals surface area contributed by atoms with Gasteiger partial charge in [0.1, 0.15) is 0 Å². The number of fused-ring (bicyclic) bond motifs is 2. The maximum Gasteiger partial charge on any atom is 0.261 e. The van der Waals surface area contributed by atoms with E-state index in [9.17, 15) is 18.0 Å². The highest BCUT2D eigenvalue weighted by molar-refractivity contribution is 7.92. The molecule has 7 nitrogen and oxygen atoms in total. The molecule has 0 aromatic heterocycles. The van der Waals surface area contributed by atoms with Crippen molar-refractivity contribution in [2.75, 3.05) is 15.4 Å². The van der Waals surface area contributed by atoms with E-state index in [1.807, 2.05) is 13.8 Å². The third kappa shape index (κ3) is 4.71. The molecule has 37 heavy (non-hydrogen) atoms. The van der Waals surface area contributed by atoms with Crippen LogP contribution in [-0.4, -0.2) is 26.0 Å². The van der Waals surface area contributed by atoms with Gasteiger partial charge in [-0.3, -0.25) is 14.3 Å². The Labute approximate surface area is 215 Å². The van der Waals surface area contributed by atoms with Gasteiger partial charge in [-0.1, -0.05) is 48.5 Å². The van der Waals surface area contributed by atoms with Gasteiger partial charge < -0.3 is 10.6 Å². The van der Waals surface area contributed by atoms with E-state index in [0.29, 0.717) is 39.4 Å². The maximum absolute atomic E-state index is 13.6. The van der Waals surface area contributed by atoms with Gasteiger partial charge in [-0.05, 0) is 56.3 Å². The van der Waals surface area contributed by atoms with Gasteiger partial charge in [0, 0.05) is 28.5 Å². The van der Waals surface area contributed by atoms with Crippen molar-refractivity contribution in [1.82, 2.24) is 0 Å². The van der Waals surface area contributed by atoms with Gasteiger partial charge in [0.25, 0.3) is 10.0 Å². The molecule has 3 N–H and O–H groups in total. The molecule has 0 amide bonds. The lowest BCUT2D eigenvalue weighted by Crippen LogP contribution is -2.25. The van der Waals surface area contributed by atoms with Crippen LogP contribution in [0.2, 0.25) is 0 Å². The highest BCUT2D eigenvalue weighted by atomic mass is 32.2. The van der Waals surface area contributed by atoms with Crippen molar-refractivity contribution in [3.05, 3.63) is 113 Å². The molecule has 186 valence electrons. The summed E-state index contributed by atoms with van der Waals surface area (Å²) in [6.45, 7) is 3.92. The zero-order valence-corrected chi connectivity index (χ0v) is 21.1. The van der Waals surface area contributed by atoms with Gasteiger partial charge in [-0.25, -0.2) is 8.42 Å². The van der Waals surface area contributed by atoms with Crippen LogP contribution >= 0.6 is 0 Å². The largest absolute Gasteiger partial charge is 0.382 e. The van der Waals surface area contributed by atoms with Crippen molar-refractivity contribution in [3.63, 3.8) is 0 Å². The second-order valence-electron chi connectivity index (χ2n) is 9.04. The van der Waals surface area contributed by atoms with E-state index in [1.165, 1.54) is 12.1 Å². The fourth-order valence-electron chi connectivity index (χ4n) is 4.39. The number of carbonyl (C=O) groups excluding carboxylic acids is 2. The molecule has 4 aromatic rings. The van der Waals surface area contributed by atoms with Crippen LogP contribution in [0.3, 0.4) is 0 Å². The van der Waals surface area contributed by atoms with Crippen LogP contribution in [0.15, 0.2) is 95.9 Å². The quantitative estimate of drug-likeness (QED) is 0.254. The number of hydrogen-bond acceptors (Lipinski definition) is 6. The predicted octanol–water partition coefficient (Wildman–Crippen LogP) is 5.83. The minimum absolute atomic E-state index is 0.0531. The normalized spacial score (nSPS) is 12.6. The summed E-state index contributed by atoms with van der Waals surface area (Å²) in [5.41, 5.74) is 3.30. The molecule has 0 saturated heterocycles. The van der Waals surface area contributed by atoms with Gasteiger partial charge in [0.05, 0.1) is 27.4 Å². The summed E-state index contributed by atoms with van der Waals surface area (Å²) in [6, 6.07) is 25.2. The molecule has 1 aliphatic rings. The number of sulfonamides is 1. The van der Waals surface area contributed by atoms with Crippen molar-refractivity contribution < 1.29 is 18.0 Å². The Hall–Kier alpha value is -4.43. The molecular formula is C29H25N3O4S. The Kier molecular flexibility index (Phi) is 6.27. The first-order chi connectivity index (χ1) is 17.7. The topological polar surface area (TPSA) is 104 Å². The smallest absolute Gasteiger partial charge is 0.261 e. The molecule has 0 spiro atoms. The van der Waals surface area contributed by atoms with Gasteiger partial charge in [-0.2, -0.15) is 0 Å². The second kappa shape index (κ2) is 9.55. The number of benzene rings is 4. The fraction of sp³-hybridized carbons (Fsp3) is 0.103. The van der Waals surface area contributed by atoms with E-state index in [2.05, 4.69) is 15.4 Å². The van der Waals surface area contributed by atoms with Crippen LogP contribution in [0.5, 0.6) is 0 Å². The first-order valence-corrected chi connectivity index (χ1v) is 13.3. The van der Waals surface area contributed by atoms with Crippen molar-refractivity contribution in [1.29, 1.82) is 0 Å². The highest BCUT2D eigenvalue weighted by Crippen LogP contribution is 2.38. The molecule has 4 aromatic carbocycles. The number of nitrogens with one attached hydrogen (secondary N) is 3. The van der Waals surface area contributed by atoms with Gasteiger partial charge in [0.2, 0.25) is 0 Å². The van der Waals surface area contributed by atoms with E-state index in [1.54, 1.807) is 78.9 Å². The summed E-state index contributed by atoms with van der Waals surface area (Å²) in [5.74, 6) is -0.470. The molecule has 0 fully saturated rings. The highest BCUT2D eigenvalue weighted by Gasteiger charge is 2.34. The average molecular weight is 512 g/mol. The third-order valence-electron chi connectivity index (χ3n) is 5.97. The minimum Gasteiger partial charge on any atom is -0.382 e. The summed E-state index contributed by atoms with van der Waals surface area (Å²) >= 11 is 0. The van der Waals surface area contributed by atoms with Crippen LogP contribution in [0, 0.1) is 0 Å². The summed E-state index contributed by atoms with van der Waals surface area (Å²) in [7, 11) is -3.77. The Morgan fingerprint density at radius 1 is 0.649 bits per heavy atom. The second-order valence-corrected chi connectivity index (χ2v) is 10.7. The molecule has 0 saturated carbocycles. The summed E-state index contributed by atoms with van der Waals surface area (Å²) < 4.78 is 28.1. The third-order valence-corrected chi connectivity index (χ3v) is 7.36. The first kappa shape index (κ1) is 24.3. The minimum atomic E-state index is -3.77. The predicted molar refractivity (Wildman–Crippen MR) is 145 cm³/mol. The van der Waals surface area contributed by atoms with Crippen molar-refractivity contribution in [2.24, 2.45) is 0 Å². The van der Waals surface area contributed by atoms with Crippen LogP contribution in [-0.2, 0) is 10.0 Å². The van der Waals surface area contributed by atoms with E-state index < -0.39 is 10.0 Å². The Morgan fingerprint density at radius 2 is 1.22 bits per heavy atom. The van der Waals surface area contributed by atoms with Gasteiger partial charge in [0.15, 0.2) is 11.6 Å². The molecule has 0 aliphatic heterocycles. The zero-order chi connectivity index (χ0) is 26.2. The Balaban J connectivity index is 1.53. The molecule has 0 atom stereocenters. The number of ketones is 2. The van der Waals surface area contributed by atoms with Crippen LogP contribution < -0.4 is 15.4 Å². The lowest BCUT2D eigenvalue weighted by Gasteiger charge is -2.25. The van der Waals surface area contributed by atoms with Crippen LogP contribution in [0.25, 0.3) is 0 Å². The summed E-state index contributed by atoms with van der Waals surface area (Å²) in [4.78, 5) is 27.3. The number of carbonyl (C=O) groups is 2. The first-order valence-electron chi connectivity index (χ1n) is 11.8. The molecule has 0 radical (unpaired) electrons. The van der Waals surface area contributed by atoms with Gasteiger partial charge >= 0.3 is 0 Å². The number of hydrogen-bond donors (Lipinski definition) is 3. The van der Waals surface area contributed by atoms with Crippen molar-refractivity contribution >= 4 is 44.3 Å². The summed E-state index contributed by atoms with van der Waals surface area (Å²) in [6.07, 6.45) is 0. The van der Waals surface area contributed by atoms with E-state index >= 15 is 0 Å². The van der Waals surface area contributed by atoms with E-state index in [4.69, 9.17) is 0 Å². The molecule has 0 unspecified atom stereocenters. The standard InChI is InChI=1S/C29H25N3O4S/c1-18(2)30-24-15-16-25(27-26(24)28(33)22-13-6-7-14-23(22)29(27)34)31-19-9-8-10-20(17-19)32-37(35,36)21-11-4-3-5-12-21/h3-18,30-32H,1-2H3. The molecular weight excluding hydrogens is 486 g/mol. The number of anilines is 4. The summed E-state index contributed by atoms with van der Waals surface area (Å²) in [5, 5.41) is 6.50. The number of rotatable bonds is 7. The van der Waals surface area contributed by atoms with Crippen LogP contribution in [0.4, 0.5) is 22.7 Å². The van der Waals surface area contributed by atoms with E-state index in [-0.39, 0.29) is 28.1 Å². The maximum atomic E-state index is 13.6. The fourth-order valence-corrected chi connectivity index (χ4v) is 5.46.